The van der Waals surface area contributed by atoms with Crippen LogP contribution in [0.5, 0.6) is 5.75 Å². The largest absolute Gasteiger partial charge is 0.494 e. The van der Waals surface area contributed by atoms with Crippen molar-refractivity contribution in [3.8, 4) is 5.75 Å². The number of nitrogens with one attached hydrogen (secondary N) is 1. The first-order valence-electron chi connectivity index (χ1n) is 8.39. The SMILES string of the molecule is CCCCSc1nnc(NC(=O)/C=C/c2ccc(OCCC)cc2)s1. The van der Waals surface area contributed by atoms with E-state index in [1.54, 1.807) is 17.8 Å². The molecule has 2 aromatic rings. The molecule has 134 valence electrons. The first kappa shape index (κ1) is 19.5. The molecule has 1 N–H and O–H groups in total. The molecule has 1 aromatic heterocycles. The summed E-state index contributed by atoms with van der Waals surface area (Å²) in [6.45, 7) is 4.93. The van der Waals surface area contributed by atoms with Crippen LogP contribution in [0.1, 0.15) is 38.7 Å². The summed E-state index contributed by atoms with van der Waals surface area (Å²) in [5.41, 5.74) is 0.937. The van der Waals surface area contributed by atoms with E-state index in [-0.39, 0.29) is 5.91 Å². The number of ether oxygens (including phenoxy) is 1. The van der Waals surface area contributed by atoms with Crippen molar-refractivity contribution in [2.24, 2.45) is 0 Å². The summed E-state index contributed by atoms with van der Waals surface area (Å²) in [4.78, 5) is 12.0. The Morgan fingerprint density at radius 3 is 2.76 bits per heavy atom. The minimum atomic E-state index is -0.215. The summed E-state index contributed by atoms with van der Waals surface area (Å²) in [7, 11) is 0. The number of nitrogens with zero attached hydrogens (tertiary/aromatic N) is 2. The average Bonchev–Trinajstić information content (AvgIpc) is 3.06. The van der Waals surface area contributed by atoms with Crippen LogP contribution in [0.15, 0.2) is 34.7 Å². The van der Waals surface area contributed by atoms with Crippen LogP contribution in [0.2, 0.25) is 0 Å². The fourth-order valence-corrected chi connectivity index (χ4v) is 3.75. The number of anilines is 1. The Morgan fingerprint density at radius 1 is 1.24 bits per heavy atom. The maximum absolute atomic E-state index is 12.0. The molecule has 0 saturated heterocycles. The molecule has 1 aromatic carbocycles. The fraction of sp³-hybridized carbons (Fsp3) is 0.389. The number of benzene rings is 1. The van der Waals surface area contributed by atoms with Gasteiger partial charge < -0.3 is 4.74 Å². The van der Waals surface area contributed by atoms with E-state index in [1.807, 2.05) is 24.3 Å². The molecule has 7 heteroatoms. The van der Waals surface area contributed by atoms with E-state index >= 15 is 0 Å². The molecule has 0 saturated carbocycles. The number of hydrogen-bond donors (Lipinski definition) is 1. The number of hydrogen-bond acceptors (Lipinski definition) is 6. The molecule has 0 unspecified atom stereocenters. The quantitative estimate of drug-likeness (QED) is 0.277. The third-order valence-electron chi connectivity index (χ3n) is 3.14. The van der Waals surface area contributed by atoms with E-state index in [1.165, 1.54) is 17.4 Å². The minimum absolute atomic E-state index is 0.215. The van der Waals surface area contributed by atoms with E-state index in [9.17, 15) is 4.79 Å². The highest BCUT2D eigenvalue weighted by Gasteiger charge is 2.06. The topological polar surface area (TPSA) is 64.1 Å². The molecule has 1 heterocycles. The van der Waals surface area contributed by atoms with Crippen LogP contribution in [0.3, 0.4) is 0 Å². The van der Waals surface area contributed by atoms with Gasteiger partial charge in [-0.3, -0.25) is 10.1 Å². The van der Waals surface area contributed by atoms with E-state index in [2.05, 4.69) is 29.4 Å². The van der Waals surface area contributed by atoms with Gasteiger partial charge in [-0.2, -0.15) is 0 Å². The standard InChI is InChI=1S/C18H23N3O2S2/c1-3-5-13-24-18-21-20-17(25-18)19-16(22)11-8-14-6-9-15(10-7-14)23-12-4-2/h6-11H,3-5,12-13H2,1-2H3,(H,19,20,22)/b11-8+. The summed E-state index contributed by atoms with van der Waals surface area (Å²) in [5.74, 6) is 1.65. The van der Waals surface area contributed by atoms with Crippen LogP contribution in [-0.2, 0) is 4.79 Å². The lowest BCUT2D eigenvalue weighted by Gasteiger charge is -2.03. The van der Waals surface area contributed by atoms with Gasteiger partial charge >= 0.3 is 0 Å². The van der Waals surface area contributed by atoms with Gasteiger partial charge in [-0.25, -0.2) is 0 Å². The number of rotatable bonds is 10. The van der Waals surface area contributed by atoms with E-state index < -0.39 is 0 Å². The van der Waals surface area contributed by atoms with Gasteiger partial charge in [-0.05, 0) is 36.6 Å². The second kappa shape index (κ2) is 10.9. The highest BCUT2D eigenvalue weighted by molar-refractivity contribution is 8.01. The Labute approximate surface area is 156 Å². The predicted molar refractivity (Wildman–Crippen MR) is 105 cm³/mol. The van der Waals surface area contributed by atoms with Gasteiger partial charge in [0.1, 0.15) is 5.75 Å². The van der Waals surface area contributed by atoms with Crippen molar-refractivity contribution in [1.82, 2.24) is 10.2 Å². The molecule has 0 fully saturated rings. The van der Waals surface area contributed by atoms with Crippen molar-refractivity contribution in [2.45, 2.75) is 37.4 Å². The molecule has 0 radical (unpaired) electrons. The zero-order chi connectivity index (χ0) is 17.9. The summed E-state index contributed by atoms with van der Waals surface area (Å²) in [5, 5.41) is 11.3. The van der Waals surface area contributed by atoms with Crippen LogP contribution >= 0.6 is 23.1 Å². The lowest BCUT2D eigenvalue weighted by molar-refractivity contribution is -0.111. The van der Waals surface area contributed by atoms with Gasteiger partial charge in [0.25, 0.3) is 0 Å². The van der Waals surface area contributed by atoms with Crippen LogP contribution in [0, 0.1) is 0 Å². The molecule has 0 atom stereocenters. The number of thioether (sulfide) groups is 1. The average molecular weight is 378 g/mol. The first-order valence-corrected chi connectivity index (χ1v) is 10.2. The number of carbonyl (C=O) groups is 1. The summed E-state index contributed by atoms with van der Waals surface area (Å²) < 4.78 is 6.42. The highest BCUT2D eigenvalue weighted by Crippen LogP contribution is 2.26. The Kier molecular flexibility index (Phi) is 8.48. The smallest absolute Gasteiger partial charge is 0.250 e. The molecule has 0 spiro atoms. The zero-order valence-electron chi connectivity index (χ0n) is 14.5. The number of carbonyl (C=O) groups excluding carboxylic acids is 1. The van der Waals surface area contributed by atoms with Crippen LogP contribution < -0.4 is 10.1 Å². The zero-order valence-corrected chi connectivity index (χ0v) is 16.2. The Bertz CT molecular complexity index is 684. The molecular formula is C18H23N3O2S2. The first-order chi connectivity index (χ1) is 12.2. The van der Waals surface area contributed by atoms with Crippen molar-refractivity contribution in [1.29, 1.82) is 0 Å². The molecule has 1 amide bonds. The molecule has 0 bridgehead atoms. The van der Waals surface area contributed by atoms with Crippen molar-refractivity contribution in [3.05, 3.63) is 35.9 Å². The van der Waals surface area contributed by atoms with Crippen molar-refractivity contribution in [2.75, 3.05) is 17.7 Å². The van der Waals surface area contributed by atoms with Crippen molar-refractivity contribution < 1.29 is 9.53 Å². The summed E-state index contributed by atoms with van der Waals surface area (Å²) >= 11 is 3.07. The van der Waals surface area contributed by atoms with Gasteiger partial charge in [0.05, 0.1) is 6.61 Å². The van der Waals surface area contributed by atoms with Gasteiger partial charge in [0, 0.05) is 11.8 Å². The minimum Gasteiger partial charge on any atom is -0.494 e. The maximum atomic E-state index is 12.0. The third-order valence-corrected chi connectivity index (χ3v) is 5.20. The molecule has 25 heavy (non-hydrogen) atoms. The second-order valence-corrected chi connectivity index (χ2v) is 7.63. The lowest BCUT2D eigenvalue weighted by atomic mass is 10.2. The van der Waals surface area contributed by atoms with E-state index in [0.717, 1.165) is 40.7 Å². The van der Waals surface area contributed by atoms with Crippen molar-refractivity contribution >= 4 is 40.2 Å². The number of unbranched alkanes of at least 4 members (excludes halogenated alkanes) is 1. The molecule has 0 aliphatic carbocycles. The Morgan fingerprint density at radius 2 is 2.04 bits per heavy atom. The summed E-state index contributed by atoms with van der Waals surface area (Å²) in [6.07, 6.45) is 6.54. The maximum Gasteiger partial charge on any atom is 0.250 e. The molecular weight excluding hydrogens is 354 g/mol. The second-order valence-electron chi connectivity index (χ2n) is 5.32. The number of aromatic nitrogens is 2. The Hall–Kier alpha value is -1.86. The van der Waals surface area contributed by atoms with Crippen LogP contribution in [-0.4, -0.2) is 28.5 Å². The van der Waals surface area contributed by atoms with Gasteiger partial charge in [0.15, 0.2) is 4.34 Å². The molecule has 0 aliphatic rings. The molecule has 5 nitrogen and oxygen atoms in total. The monoisotopic (exact) mass is 377 g/mol. The fourth-order valence-electron chi connectivity index (χ4n) is 1.84. The van der Waals surface area contributed by atoms with Crippen LogP contribution in [0.4, 0.5) is 5.13 Å². The van der Waals surface area contributed by atoms with Gasteiger partial charge in [-0.15, -0.1) is 10.2 Å². The predicted octanol–water partition coefficient (Wildman–Crippen LogP) is 4.87. The third kappa shape index (κ3) is 7.27. The highest BCUT2D eigenvalue weighted by atomic mass is 32.2. The molecule has 0 aliphatic heterocycles. The lowest BCUT2D eigenvalue weighted by Crippen LogP contribution is -2.07. The normalized spacial score (nSPS) is 11.0. The summed E-state index contributed by atoms with van der Waals surface area (Å²) in [6, 6.07) is 7.64. The van der Waals surface area contributed by atoms with Gasteiger partial charge in [-0.1, -0.05) is 55.5 Å². The van der Waals surface area contributed by atoms with Crippen LogP contribution in [0.25, 0.3) is 6.08 Å². The molecule has 2 rings (SSSR count). The van der Waals surface area contributed by atoms with Gasteiger partial charge in [0.2, 0.25) is 11.0 Å². The van der Waals surface area contributed by atoms with E-state index in [0.29, 0.717) is 11.7 Å². The van der Waals surface area contributed by atoms with E-state index in [4.69, 9.17) is 4.74 Å². The number of amides is 1. The Balaban J connectivity index is 1.82. The van der Waals surface area contributed by atoms with Crippen molar-refractivity contribution in [3.63, 3.8) is 0 Å².